The van der Waals surface area contributed by atoms with Crippen LogP contribution in [0.3, 0.4) is 0 Å². The van der Waals surface area contributed by atoms with Gasteiger partial charge < -0.3 is 34.6 Å². The molecule has 2 aromatic heterocycles. The van der Waals surface area contributed by atoms with E-state index >= 15 is 0 Å². The highest BCUT2D eigenvalue weighted by molar-refractivity contribution is 6.08. The van der Waals surface area contributed by atoms with Crippen LogP contribution in [0.4, 0.5) is 0 Å². The SMILES string of the molecule is COCCOc1ccc2c(c1-c1ncnc3c(C(=O)NC4CCNCC4)c[nH]c13)OCO2. The Hall–Kier alpha value is -3.37. The van der Waals surface area contributed by atoms with E-state index in [-0.39, 0.29) is 18.7 Å². The van der Waals surface area contributed by atoms with Gasteiger partial charge in [0.15, 0.2) is 11.5 Å². The van der Waals surface area contributed by atoms with Gasteiger partial charge in [-0.15, -0.1) is 0 Å². The summed E-state index contributed by atoms with van der Waals surface area (Å²) in [7, 11) is 1.62. The minimum absolute atomic E-state index is 0.118. The second-order valence-corrected chi connectivity index (χ2v) is 7.66. The molecule has 1 fully saturated rings. The molecule has 0 atom stereocenters. The first-order valence-corrected chi connectivity index (χ1v) is 10.6. The lowest BCUT2D eigenvalue weighted by atomic mass is 10.1. The number of aromatic amines is 1. The van der Waals surface area contributed by atoms with E-state index in [1.807, 2.05) is 6.07 Å². The molecule has 1 aromatic carbocycles. The molecular formula is C22H25N5O5. The maximum Gasteiger partial charge on any atom is 0.255 e. The zero-order chi connectivity index (χ0) is 21.9. The quantitative estimate of drug-likeness (QED) is 0.477. The van der Waals surface area contributed by atoms with Gasteiger partial charge in [0.25, 0.3) is 5.91 Å². The summed E-state index contributed by atoms with van der Waals surface area (Å²) >= 11 is 0. The van der Waals surface area contributed by atoms with E-state index in [1.165, 1.54) is 6.33 Å². The summed E-state index contributed by atoms with van der Waals surface area (Å²) in [5.74, 6) is 1.60. The number of hydrogen-bond donors (Lipinski definition) is 3. The maximum absolute atomic E-state index is 13.0. The molecular weight excluding hydrogens is 414 g/mol. The van der Waals surface area contributed by atoms with Gasteiger partial charge >= 0.3 is 0 Å². The monoisotopic (exact) mass is 439 g/mol. The zero-order valence-electron chi connectivity index (χ0n) is 17.8. The van der Waals surface area contributed by atoms with Crippen LogP contribution in [0.2, 0.25) is 0 Å². The molecule has 2 aliphatic rings. The third-order valence-corrected chi connectivity index (χ3v) is 5.67. The molecule has 168 valence electrons. The number of nitrogens with zero attached hydrogens (tertiary/aromatic N) is 2. The lowest BCUT2D eigenvalue weighted by Crippen LogP contribution is -2.42. The number of rotatable bonds is 7. The van der Waals surface area contributed by atoms with E-state index in [0.29, 0.717) is 58.3 Å². The molecule has 1 amide bonds. The number of nitrogens with one attached hydrogen (secondary N) is 3. The van der Waals surface area contributed by atoms with E-state index in [2.05, 4.69) is 25.6 Å². The molecule has 10 nitrogen and oxygen atoms in total. The largest absolute Gasteiger partial charge is 0.490 e. The van der Waals surface area contributed by atoms with Crippen LogP contribution in [0.25, 0.3) is 22.3 Å². The summed E-state index contributed by atoms with van der Waals surface area (Å²) < 4.78 is 22.3. The smallest absolute Gasteiger partial charge is 0.255 e. The third kappa shape index (κ3) is 3.82. The predicted molar refractivity (Wildman–Crippen MR) is 116 cm³/mol. The van der Waals surface area contributed by atoms with Crippen LogP contribution in [0, 0.1) is 0 Å². The normalized spacial score (nSPS) is 15.8. The van der Waals surface area contributed by atoms with Crippen molar-refractivity contribution in [1.29, 1.82) is 0 Å². The van der Waals surface area contributed by atoms with Crippen LogP contribution in [0.1, 0.15) is 23.2 Å². The minimum Gasteiger partial charge on any atom is -0.490 e. The van der Waals surface area contributed by atoms with Gasteiger partial charge in [-0.05, 0) is 38.1 Å². The van der Waals surface area contributed by atoms with Crippen molar-refractivity contribution in [1.82, 2.24) is 25.6 Å². The Morgan fingerprint density at radius 2 is 2.09 bits per heavy atom. The number of ether oxygens (including phenoxy) is 4. The number of methoxy groups -OCH3 is 1. The summed E-state index contributed by atoms with van der Waals surface area (Å²) in [6, 6.07) is 3.78. The lowest BCUT2D eigenvalue weighted by Gasteiger charge is -2.23. The molecule has 10 heteroatoms. The predicted octanol–water partition coefficient (Wildman–Crippen LogP) is 1.86. The highest BCUT2D eigenvalue weighted by Gasteiger charge is 2.27. The Kier molecular flexibility index (Phi) is 5.78. The van der Waals surface area contributed by atoms with Crippen molar-refractivity contribution >= 4 is 16.9 Å². The van der Waals surface area contributed by atoms with Crippen molar-refractivity contribution in [3.63, 3.8) is 0 Å². The van der Waals surface area contributed by atoms with Gasteiger partial charge in [-0.3, -0.25) is 4.79 Å². The van der Waals surface area contributed by atoms with E-state index in [1.54, 1.807) is 19.4 Å². The van der Waals surface area contributed by atoms with Crippen LogP contribution in [-0.4, -0.2) is 67.1 Å². The van der Waals surface area contributed by atoms with Gasteiger partial charge in [0.1, 0.15) is 29.9 Å². The zero-order valence-corrected chi connectivity index (χ0v) is 17.8. The third-order valence-electron chi connectivity index (χ3n) is 5.67. The number of H-pyrrole nitrogens is 1. The first-order chi connectivity index (χ1) is 15.8. The minimum atomic E-state index is -0.151. The Balaban J connectivity index is 1.53. The summed E-state index contributed by atoms with van der Waals surface area (Å²) in [6.07, 6.45) is 4.93. The molecule has 32 heavy (non-hydrogen) atoms. The molecule has 0 spiro atoms. The first-order valence-electron chi connectivity index (χ1n) is 10.6. The van der Waals surface area contributed by atoms with Crippen molar-refractivity contribution < 1.29 is 23.7 Å². The van der Waals surface area contributed by atoms with E-state index in [9.17, 15) is 4.79 Å². The fourth-order valence-corrected chi connectivity index (χ4v) is 4.07. The fraction of sp³-hybridized carbons (Fsp3) is 0.409. The summed E-state index contributed by atoms with van der Waals surface area (Å²) in [5, 5.41) is 6.42. The Morgan fingerprint density at radius 1 is 1.22 bits per heavy atom. The Morgan fingerprint density at radius 3 is 2.94 bits per heavy atom. The number of carbonyl (C=O) groups excluding carboxylic acids is 1. The van der Waals surface area contributed by atoms with Crippen LogP contribution in [-0.2, 0) is 4.74 Å². The van der Waals surface area contributed by atoms with E-state index in [4.69, 9.17) is 18.9 Å². The lowest BCUT2D eigenvalue weighted by molar-refractivity contribution is 0.0931. The molecule has 3 N–H and O–H groups in total. The molecule has 0 radical (unpaired) electrons. The van der Waals surface area contributed by atoms with Gasteiger partial charge in [-0.2, -0.15) is 0 Å². The number of piperidine rings is 1. The van der Waals surface area contributed by atoms with Crippen LogP contribution >= 0.6 is 0 Å². The van der Waals surface area contributed by atoms with Crippen LogP contribution in [0.15, 0.2) is 24.7 Å². The van der Waals surface area contributed by atoms with Crippen LogP contribution < -0.4 is 24.8 Å². The van der Waals surface area contributed by atoms with E-state index in [0.717, 1.165) is 25.9 Å². The molecule has 3 aromatic rings. The van der Waals surface area contributed by atoms with Crippen LogP contribution in [0.5, 0.6) is 17.2 Å². The topological polar surface area (TPSA) is 120 Å². The molecule has 0 unspecified atom stereocenters. The second-order valence-electron chi connectivity index (χ2n) is 7.66. The average Bonchev–Trinajstić information content (AvgIpc) is 3.47. The summed E-state index contributed by atoms with van der Waals surface area (Å²) in [4.78, 5) is 25.0. The van der Waals surface area contributed by atoms with Gasteiger partial charge in [0.05, 0.1) is 23.3 Å². The molecule has 2 aliphatic heterocycles. The van der Waals surface area contributed by atoms with Crippen molar-refractivity contribution in [2.45, 2.75) is 18.9 Å². The number of fused-ring (bicyclic) bond motifs is 2. The highest BCUT2D eigenvalue weighted by Crippen LogP contribution is 2.47. The molecule has 5 rings (SSSR count). The maximum atomic E-state index is 13.0. The summed E-state index contributed by atoms with van der Waals surface area (Å²) in [5.41, 5.74) is 2.87. The van der Waals surface area contributed by atoms with Crippen molar-refractivity contribution in [3.8, 4) is 28.5 Å². The Labute approximate surface area is 184 Å². The highest BCUT2D eigenvalue weighted by atomic mass is 16.7. The Bertz CT molecular complexity index is 1130. The number of hydrogen-bond acceptors (Lipinski definition) is 8. The van der Waals surface area contributed by atoms with Crippen molar-refractivity contribution in [2.24, 2.45) is 0 Å². The van der Waals surface area contributed by atoms with Gasteiger partial charge in [0.2, 0.25) is 6.79 Å². The fourth-order valence-electron chi connectivity index (χ4n) is 4.07. The van der Waals surface area contributed by atoms with Crippen molar-refractivity contribution in [2.75, 3.05) is 40.2 Å². The number of carbonyl (C=O) groups is 1. The van der Waals surface area contributed by atoms with Gasteiger partial charge in [-0.1, -0.05) is 0 Å². The van der Waals surface area contributed by atoms with E-state index < -0.39 is 0 Å². The summed E-state index contributed by atoms with van der Waals surface area (Å²) in [6.45, 7) is 2.73. The number of amides is 1. The molecule has 0 bridgehead atoms. The van der Waals surface area contributed by atoms with Crippen molar-refractivity contribution in [3.05, 3.63) is 30.2 Å². The number of aromatic nitrogens is 3. The molecule has 1 saturated heterocycles. The average molecular weight is 439 g/mol. The second kappa shape index (κ2) is 9.01. The van der Waals surface area contributed by atoms with Gasteiger partial charge in [0, 0.05) is 19.3 Å². The molecule has 0 saturated carbocycles. The standard InChI is InChI=1S/C22H25N5O5/c1-29-8-9-30-15-2-3-16-21(32-12-31-16)17(15)19-20-18(25-11-26-19)14(10-24-20)22(28)27-13-4-6-23-7-5-13/h2-3,10-11,13,23-24H,4-9,12H2,1H3,(H,27,28). The first kappa shape index (κ1) is 20.5. The molecule has 0 aliphatic carbocycles. The molecule has 4 heterocycles. The van der Waals surface area contributed by atoms with Gasteiger partial charge in [-0.25, -0.2) is 9.97 Å². The number of benzene rings is 1.